The Morgan fingerprint density at radius 2 is 2.10 bits per heavy atom. The molecule has 8 heteroatoms. The van der Waals surface area contributed by atoms with Crippen LogP contribution in [-0.2, 0) is 14.8 Å². The Morgan fingerprint density at radius 1 is 1.50 bits per heavy atom. The molecule has 1 aromatic rings. The van der Waals surface area contributed by atoms with E-state index in [4.69, 9.17) is 21.5 Å². The Hall–Kier alpha value is -1.15. The Kier molecular flexibility index (Phi) is 5.52. The first-order valence-electron chi connectivity index (χ1n) is 5.80. The monoisotopic (exact) mass is 320 g/mol. The molecule has 3 N–H and O–H groups in total. The van der Waals surface area contributed by atoms with Crippen LogP contribution < -0.4 is 10.5 Å². The Balaban J connectivity index is 3.13. The van der Waals surface area contributed by atoms with Crippen molar-refractivity contribution >= 4 is 27.5 Å². The van der Waals surface area contributed by atoms with Gasteiger partial charge in [-0.1, -0.05) is 11.6 Å². The van der Waals surface area contributed by atoms with Crippen LogP contribution in [0.15, 0.2) is 17.0 Å². The quantitative estimate of drug-likeness (QED) is 0.847. The zero-order chi connectivity index (χ0) is 15.5. The number of carbonyl (C=O) groups excluding carboxylic acids is 1. The summed E-state index contributed by atoms with van der Waals surface area (Å²) >= 11 is 5.84. The van der Waals surface area contributed by atoms with E-state index < -0.39 is 15.9 Å². The van der Waals surface area contributed by atoms with Gasteiger partial charge in [0.05, 0.1) is 11.0 Å². The number of halogens is 1. The van der Waals surface area contributed by atoms with Gasteiger partial charge in [0.15, 0.2) is 0 Å². The van der Waals surface area contributed by atoms with E-state index in [1.54, 1.807) is 6.92 Å². The molecular weight excluding hydrogens is 304 g/mol. The Morgan fingerprint density at radius 3 is 2.60 bits per heavy atom. The number of nitrogens with two attached hydrogens (primary N) is 1. The second-order valence-electron chi connectivity index (χ2n) is 4.38. The summed E-state index contributed by atoms with van der Waals surface area (Å²) in [4.78, 5) is 11.9. The van der Waals surface area contributed by atoms with Gasteiger partial charge in [-0.3, -0.25) is 4.79 Å². The lowest BCUT2D eigenvalue weighted by atomic mass is 10.1. The smallest absolute Gasteiger partial charge is 0.251 e. The van der Waals surface area contributed by atoms with Crippen molar-refractivity contribution in [1.29, 1.82) is 0 Å². The van der Waals surface area contributed by atoms with E-state index in [0.29, 0.717) is 6.54 Å². The first-order chi connectivity index (χ1) is 9.16. The van der Waals surface area contributed by atoms with Crippen LogP contribution in [-0.4, -0.2) is 34.1 Å². The van der Waals surface area contributed by atoms with Gasteiger partial charge in [0.1, 0.15) is 0 Å². The van der Waals surface area contributed by atoms with Crippen LogP contribution in [0.3, 0.4) is 0 Å². The summed E-state index contributed by atoms with van der Waals surface area (Å²) in [6.07, 6.45) is -0.156. The zero-order valence-electron chi connectivity index (χ0n) is 11.4. The molecule has 0 aliphatic carbocycles. The van der Waals surface area contributed by atoms with E-state index in [0.717, 1.165) is 0 Å². The summed E-state index contributed by atoms with van der Waals surface area (Å²) in [5, 5.41) is 7.87. The minimum absolute atomic E-state index is 0.129. The fourth-order valence-electron chi connectivity index (χ4n) is 1.60. The van der Waals surface area contributed by atoms with Crippen molar-refractivity contribution in [2.75, 3.05) is 13.7 Å². The third-order valence-electron chi connectivity index (χ3n) is 2.83. The molecule has 112 valence electrons. The predicted molar refractivity (Wildman–Crippen MR) is 76.4 cm³/mol. The largest absolute Gasteiger partial charge is 0.380 e. The van der Waals surface area contributed by atoms with Gasteiger partial charge in [0.25, 0.3) is 5.91 Å². The van der Waals surface area contributed by atoms with Crippen LogP contribution in [0.25, 0.3) is 0 Å². The molecule has 0 heterocycles. The van der Waals surface area contributed by atoms with E-state index >= 15 is 0 Å². The summed E-state index contributed by atoms with van der Waals surface area (Å²) < 4.78 is 27.9. The third kappa shape index (κ3) is 4.17. The van der Waals surface area contributed by atoms with E-state index in [1.807, 2.05) is 0 Å². The molecule has 1 rings (SSSR count). The van der Waals surface area contributed by atoms with Crippen molar-refractivity contribution in [3.63, 3.8) is 0 Å². The molecule has 0 aliphatic heterocycles. The van der Waals surface area contributed by atoms with Crippen molar-refractivity contribution in [3.8, 4) is 0 Å². The number of sulfonamides is 1. The molecule has 0 spiro atoms. The lowest BCUT2D eigenvalue weighted by Crippen LogP contribution is -2.32. The van der Waals surface area contributed by atoms with Gasteiger partial charge < -0.3 is 10.1 Å². The van der Waals surface area contributed by atoms with Crippen molar-refractivity contribution in [3.05, 3.63) is 28.3 Å². The van der Waals surface area contributed by atoms with Crippen LogP contribution in [0.4, 0.5) is 0 Å². The fourth-order valence-corrected chi connectivity index (χ4v) is 2.71. The summed E-state index contributed by atoms with van der Waals surface area (Å²) in [5.41, 5.74) is 0.435. The van der Waals surface area contributed by atoms with Gasteiger partial charge >= 0.3 is 0 Å². The van der Waals surface area contributed by atoms with Crippen LogP contribution >= 0.6 is 11.6 Å². The number of ether oxygens (including phenoxy) is 1. The zero-order valence-corrected chi connectivity index (χ0v) is 13.0. The van der Waals surface area contributed by atoms with Gasteiger partial charge in [-0.2, -0.15) is 0 Å². The van der Waals surface area contributed by atoms with Crippen LogP contribution in [0.1, 0.15) is 22.8 Å². The van der Waals surface area contributed by atoms with Crippen molar-refractivity contribution in [2.24, 2.45) is 5.14 Å². The molecule has 0 aliphatic rings. The normalized spacial score (nSPS) is 13.1. The van der Waals surface area contributed by atoms with E-state index in [1.165, 1.54) is 26.2 Å². The molecule has 0 aromatic heterocycles. The topological polar surface area (TPSA) is 98.5 Å². The molecule has 20 heavy (non-hydrogen) atoms. The first-order valence-corrected chi connectivity index (χ1v) is 7.73. The lowest BCUT2D eigenvalue weighted by Gasteiger charge is -2.13. The maximum absolute atomic E-state index is 12.1. The molecule has 0 saturated heterocycles. The van der Waals surface area contributed by atoms with Crippen LogP contribution in [0, 0.1) is 6.92 Å². The van der Waals surface area contributed by atoms with Gasteiger partial charge in [0, 0.05) is 24.2 Å². The maximum Gasteiger partial charge on any atom is 0.251 e. The van der Waals surface area contributed by atoms with E-state index in [-0.39, 0.29) is 27.1 Å². The number of benzene rings is 1. The molecule has 0 radical (unpaired) electrons. The minimum atomic E-state index is -3.94. The number of amides is 1. The predicted octanol–water partition coefficient (Wildman–Crippen LogP) is 1.06. The molecule has 0 fully saturated rings. The SMILES string of the molecule is COC(C)CNC(=O)c1cc(Cl)cc(S(N)(=O)=O)c1C. The summed E-state index contributed by atoms with van der Waals surface area (Å²) in [6.45, 7) is 3.59. The average molecular weight is 321 g/mol. The van der Waals surface area contributed by atoms with Gasteiger partial charge in [-0.25, -0.2) is 13.6 Å². The molecule has 1 unspecified atom stereocenters. The highest BCUT2D eigenvalue weighted by Crippen LogP contribution is 2.23. The van der Waals surface area contributed by atoms with Crippen molar-refractivity contribution in [2.45, 2.75) is 24.8 Å². The number of carbonyl (C=O) groups is 1. The molecular formula is C12H17ClN2O4S. The number of nitrogens with one attached hydrogen (secondary N) is 1. The molecule has 0 saturated carbocycles. The first kappa shape index (κ1) is 16.9. The lowest BCUT2D eigenvalue weighted by molar-refractivity contribution is 0.0869. The summed E-state index contributed by atoms with van der Waals surface area (Å²) in [6, 6.07) is 2.62. The summed E-state index contributed by atoms with van der Waals surface area (Å²) in [7, 11) is -2.41. The molecule has 1 aromatic carbocycles. The summed E-state index contributed by atoms with van der Waals surface area (Å²) in [5.74, 6) is -0.432. The number of hydrogen-bond donors (Lipinski definition) is 2. The van der Waals surface area contributed by atoms with Gasteiger partial charge in [-0.15, -0.1) is 0 Å². The number of hydrogen-bond acceptors (Lipinski definition) is 4. The standard InChI is InChI=1S/C12H17ClN2O4S/c1-7(19-3)6-15-12(16)10-4-9(13)5-11(8(10)2)20(14,17)18/h4-5,7H,6H2,1-3H3,(H,15,16)(H2,14,17,18). The fraction of sp³-hybridized carbons (Fsp3) is 0.417. The van der Waals surface area contributed by atoms with Crippen LogP contribution in [0.2, 0.25) is 5.02 Å². The highest BCUT2D eigenvalue weighted by atomic mass is 35.5. The number of methoxy groups -OCH3 is 1. The van der Waals surface area contributed by atoms with E-state index in [9.17, 15) is 13.2 Å². The molecule has 1 atom stereocenters. The average Bonchev–Trinajstić information content (AvgIpc) is 2.36. The second kappa shape index (κ2) is 6.53. The Labute approximate surface area is 123 Å². The minimum Gasteiger partial charge on any atom is -0.380 e. The molecule has 6 nitrogen and oxygen atoms in total. The highest BCUT2D eigenvalue weighted by Gasteiger charge is 2.19. The van der Waals surface area contributed by atoms with Crippen molar-refractivity contribution in [1.82, 2.24) is 5.32 Å². The highest BCUT2D eigenvalue weighted by molar-refractivity contribution is 7.89. The van der Waals surface area contributed by atoms with Crippen LogP contribution in [0.5, 0.6) is 0 Å². The van der Waals surface area contributed by atoms with E-state index in [2.05, 4.69) is 5.32 Å². The number of rotatable bonds is 5. The van der Waals surface area contributed by atoms with Crippen molar-refractivity contribution < 1.29 is 17.9 Å². The van der Waals surface area contributed by atoms with Gasteiger partial charge in [0.2, 0.25) is 10.0 Å². The maximum atomic E-state index is 12.1. The third-order valence-corrected chi connectivity index (χ3v) is 4.08. The second-order valence-corrected chi connectivity index (χ2v) is 6.34. The van der Waals surface area contributed by atoms with Gasteiger partial charge in [-0.05, 0) is 31.5 Å². The molecule has 1 amide bonds. The Bertz CT molecular complexity index is 616. The number of primary sulfonamides is 1. The molecule has 0 bridgehead atoms.